The lowest BCUT2D eigenvalue weighted by Gasteiger charge is -2.33. The van der Waals surface area contributed by atoms with Crippen molar-refractivity contribution in [3.8, 4) is 10.6 Å². The van der Waals surface area contributed by atoms with Crippen molar-refractivity contribution in [3.63, 3.8) is 0 Å². The molecule has 1 aliphatic heterocycles. The third-order valence-electron chi connectivity index (χ3n) is 7.10. The summed E-state index contributed by atoms with van der Waals surface area (Å²) in [7, 11) is 1.91. The molecule has 0 spiro atoms. The summed E-state index contributed by atoms with van der Waals surface area (Å²) in [6, 6.07) is 5.95. The summed E-state index contributed by atoms with van der Waals surface area (Å²) in [6.45, 7) is 3.14. The van der Waals surface area contributed by atoms with E-state index in [4.69, 9.17) is 9.05 Å². The lowest BCUT2D eigenvalue weighted by molar-refractivity contribution is -0.132. The van der Waals surface area contributed by atoms with Crippen molar-refractivity contribution in [2.45, 2.75) is 57.5 Å². The number of hydrogen-bond acceptors (Lipinski definition) is 9. The van der Waals surface area contributed by atoms with E-state index in [0.29, 0.717) is 74.8 Å². The van der Waals surface area contributed by atoms with E-state index in [9.17, 15) is 9.59 Å². The number of nitrogens with zero attached hydrogens (tertiary/aromatic N) is 6. The molecular formula is C25H32N6O4S. The van der Waals surface area contributed by atoms with Crippen molar-refractivity contribution in [3.05, 3.63) is 41.0 Å². The van der Waals surface area contributed by atoms with Crippen LogP contribution in [-0.2, 0) is 17.8 Å². The SMILES string of the molecule is CN(C(=O)CCc1nc(CN2CCN(C(=O)c3cc(-c4cccs4)on3)CC2)no1)C1CCCCC1. The minimum atomic E-state index is -0.120. The summed E-state index contributed by atoms with van der Waals surface area (Å²) in [6.07, 6.45) is 6.71. The molecule has 10 nitrogen and oxygen atoms in total. The van der Waals surface area contributed by atoms with E-state index in [2.05, 4.69) is 20.2 Å². The number of aryl methyl sites for hydroxylation is 1. The Labute approximate surface area is 214 Å². The normalized spacial score (nSPS) is 17.4. The van der Waals surface area contributed by atoms with Crippen molar-refractivity contribution in [2.75, 3.05) is 33.2 Å². The van der Waals surface area contributed by atoms with Gasteiger partial charge in [-0.1, -0.05) is 35.6 Å². The van der Waals surface area contributed by atoms with Gasteiger partial charge in [-0.15, -0.1) is 11.3 Å². The molecule has 0 N–H and O–H groups in total. The zero-order valence-electron chi connectivity index (χ0n) is 20.6. The maximum absolute atomic E-state index is 12.8. The summed E-state index contributed by atoms with van der Waals surface area (Å²) in [5.41, 5.74) is 0.332. The molecule has 0 radical (unpaired) electrons. The van der Waals surface area contributed by atoms with Crippen molar-refractivity contribution >= 4 is 23.2 Å². The van der Waals surface area contributed by atoms with Crippen LogP contribution in [0, 0.1) is 0 Å². The van der Waals surface area contributed by atoms with Crippen LogP contribution < -0.4 is 0 Å². The largest absolute Gasteiger partial charge is 0.355 e. The van der Waals surface area contributed by atoms with Gasteiger partial charge in [0.2, 0.25) is 11.8 Å². The van der Waals surface area contributed by atoms with Crippen LogP contribution in [0.25, 0.3) is 10.6 Å². The van der Waals surface area contributed by atoms with E-state index in [-0.39, 0.29) is 11.8 Å². The van der Waals surface area contributed by atoms with Crippen LogP contribution in [-0.4, -0.2) is 81.1 Å². The smallest absolute Gasteiger partial charge is 0.276 e. The lowest BCUT2D eigenvalue weighted by atomic mass is 9.94. The minimum Gasteiger partial charge on any atom is -0.355 e. The summed E-state index contributed by atoms with van der Waals surface area (Å²) >= 11 is 1.55. The van der Waals surface area contributed by atoms with Crippen LogP contribution in [0.3, 0.4) is 0 Å². The van der Waals surface area contributed by atoms with E-state index < -0.39 is 0 Å². The molecule has 36 heavy (non-hydrogen) atoms. The van der Waals surface area contributed by atoms with Crippen molar-refractivity contribution in [1.29, 1.82) is 0 Å². The Balaban J connectivity index is 1.06. The van der Waals surface area contributed by atoms with Crippen molar-refractivity contribution in [1.82, 2.24) is 30.0 Å². The number of carbonyl (C=O) groups excluding carboxylic acids is 2. The van der Waals surface area contributed by atoms with Crippen LogP contribution in [0.1, 0.15) is 60.7 Å². The van der Waals surface area contributed by atoms with Gasteiger partial charge in [0.25, 0.3) is 5.91 Å². The highest BCUT2D eigenvalue weighted by Gasteiger charge is 2.26. The molecule has 3 aromatic heterocycles. The maximum atomic E-state index is 12.8. The van der Waals surface area contributed by atoms with Gasteiger partial charge in [0, 0.05) is 58.2 Å². The Bertz CT molecular complexity index is 1150. The number of thiophene rings is 1. The second kappa shape index (κ2) is 11.3. The van der Waals surface area contributed by atoms with Gasteiger partial charge >= 0.3 is 0 Å². The van der Waals surface area contributed by atoms with E-state index in [1.165, 1.54) is 19.3 Å². The molecule has 0 aromatic carbocycles. The number of hydrogen-bond donors (Lipinski definition) is 0. The molecule has 2 aliphatic rings. The number of carbonyl (C=O) groups is 2. The Morgan fingerprint density at radius 1 is 1.11 bits per heavy atom. The zero-order valence-corrected chi connectivity index (χ0v) is 21.4. The molecule has 4 heterocycles. The van der Waals surface area contributed by atoms with Gasteiger partial charge in [-0.05, 0) is 24.3 Å². The standard InChI is InChI=1S/C25H32N6O4S/c1-29(18-6-3-2-4-7-18)24(32)10-9-23-26-22(28-35-23)17-30-11-13-31(14-12-30)25(33)19-16-20(34-27-19)21-8-5-15-36-21/h5,8,15-16,18H,2-4,6-7,9-14,17H2,1H3. The molecule has 5 rings (SSSR count). The zero-order chi connectivity index (χ0) is 24.9. The fourth-order valence-electron chi connectivity index (χ4n) is 4.90. The minimum absolute atomic E-state index is 0.120. The Kier molecular flexibility index (Phi) is 7.76. The molecule has 11 heteroatoms. The molecule has 0 unspecified atom stereocenters. The first-order valence-electron chi connectivity index (χ1n) is 12.7. The number of piperazine rings is 1. The van der Waals surface area contributed by atoms with Gasteiger partial charge in [-0.3, -0.25) is 14.5 Å². The first-order valence-corrected chi connectivity index (χ1v) is 13.5. The Hall–Kier alpha value is -3.05. The lowest BCUT2D eigenvalue weighted by Crippen LogP contribution is -2.48. The summed E-state index contributed by atoms with van der Waals surface area (Å²) < 4.78 is 10.7. The highest BCUT2D eigenvalue weighted by Crippen LogP contribution is 2.26. The fraction of sp³-hybridized carbons (Fsp3) is 0.560. The molecule has 192 valence electrons. The van der Waals surface area contributed by atoms with E-state index in [1.807, 2.05) is 29.5 Å². The van der Waals surface area contributed by atoms with E-state index in [0.717, 1.165) is 17.7 Å². The molecule has 1 saturated heterocycles. The second-order valence-corrected chi connectivity index (χ2v) is 10.5. The quantitative estimate of drug-likeness (QED) is 0.451. The number of amides is 2. The van der Waals surface area contributed by atoms with Crippen LogP contribution in [0.2, 0.25) is 0 Å². The van der Waals surface area contributed by atoms with E-state index >= 15 is 0 Å². The first-order chi connectivity index (χ1) is 17.6. The van der Waals surface area contributed by atoms with Crippen molar-refractivity contribution in [2.24, 2.45) is 0 Å². The van der Waals surface area contributed by atoms with Gasteiger partial charge in [-0.2, -0.15) is 4.98 Å². The fourth-order valence-corrected chi connectivity index (χ4v) is 5.57. The average Bonchev–Trinajstić information content (AvgIpc) is 3.69. The first kappa shape index (κ1) is 24.6. The van der Waals surface area contributed by atoms with E-state index in [1.54, 1.807) is 22.3 Å². The monoisotopic (exact) mass is 512 g/mol. The molecule has 1 saturated carbocycles. The highest BCUT2D eigenvalue weighted by atomic mass is 32.1. The van der Waals surface area contributed by atoms with Crippen LogP contribution >= 0.6 is 11.3 Å². The van der Waals surface area contributed by atoms with Gasteiger partial charge in [-0.25, -0.2) is 0 Å². The van der Waals surface area contributed by atoms with Gasteiger partial charge in [0.05, 0.1) is 11.4 Å². The van der Waals surface area contributed by atoms with Gasteiger partial charge < -0.3 is 18.8 Å². The van der Waals surface area contributed by atoms with Crippen LogP contribution in [0.4, 0.5) is 0 Å². The predicted octanol–water partition coefficient (Wildman–Crippen LogP) is 3.47. The summed E-state index contributed by atoms with van der Waals surface area (Å²) in [4.78, 5) is 36.7. The van der Waals surface area contributed by atoms with Gasteiger partial charge in [0.15, 0.2) is 17.3 Å². The average molecular weight is 513 g/mol. The molecule has 3 aromatic rings. The summed E-state index contributed by atoms with van der Waals surface area (Å²) in [5, 5.41) is 10.0. The highest BCUT2D eigenvalue weighted by molar-refractivity contribution is 7.13. The van der Waals surface area contributed by atoms with Gasteiger partial charge in [0.1, 0.15) is 0 Å². The van der Waals surface area contributed by atoms with Crippen LogP contribution in [0.15, 0.2) is 32.6 Å². The predicted molar refractivity (Wildman–Crippen MR) is 133 cm³/mol. The molecular weight excluding hydrogens is 480 g/mol. The molecule has 0 atom stereocenters. The molecule has 2 fully saturated rings. The number of rotatable bonds is 8. The molecule has 0 bridgehead atoms. The number of aromatic nitrogens is 3. The summed E-state index contributed by atoms with van der Waals surface area (Å²) in [5.74, 6) is 1.73. The van der Waals surface area contributed by atoms with Crippen molar-refractivity contribution < 1.29 is 18.6 Å². The third-order valence-corrected chi connectivity index (χ3v) is 7.98. The molecule has 2 amide bonds. The molecule has 1 aliphatic carbocycles. The van der Waals surface area contributed by atoms with Crippen LogP contribution in [0.5, 0.6) is 0 Å². The Morgan fingerprint density at radius 3 is 2.67 bits per heavy atom. The third kappa shape index (κ3) is 5.84. The topological polar surface area (TPSA) is 109 Å². The maximum Gasteiger partial charge on any atom is 0.276 e. The second-order valence-electron chi connectivity index (χ2n) is 9.52. The Morgan fingerprint density at radius 2 is 1.92 bits per heavy atom.